The molecule has 0 atom stereocenters. The highest BCUT2D eigenvalue weighted by Gasteiger charge is 2.10. The van der Waals surface area contributed by atoms with Crippen LogP contribution in [0.25, 0.3) is 20.8 Å². The number of aromatic amines is 1. The number of fused-ring (bicyclic) bond motifs is 1. The number of rotatable bonds is 3. The Bertz CT molecular complexity index is 1010. The molecular formula is C17H13N5OS. The number of amides is 1. The lowest BCUT2D eigenvalue weighted by atomic mass is 10.2. The maximum absolute atomic E-state index is 11.9. The third-order valence-corrected chi connectivity index (χ3v) is 4.65. The fraction of sp³-hybridized carbons (Fsp3) is 0.0588. The Kier molecular flexibility index (Phi) is 3.55. The van der Waals surface area contributed by atoms with Crippen molar-refractivity contribution in [3.8, 4) is 10.6 Å². The molecule has 0 aliphatic rings. The summed E-state index contributed by atoms with van der Waals surface area (Å²) in [5.74, 6) is -0.142. The van der Waals surface area contributed by atoms with Gasteiger partial charge in [-0.25, -0.2) is 9.97 Å². The van der Waals surface area contributed by atoms with Gasteiger partial charge in [-0.3, -0.25) is 9.89 Å². The Labute approximate surface area is 141 Å². The Morgan fingerprint density at radius 3 is 2.75 bits per heavy atom. The molecule has 1 amide bonds. The number of thiazole rings is 1. The molecule has 118 valence electrons. The number of anilines is 1. The molecule has 4 aromatic rings. The van der Waals surface area contributed by atoms with E-state index in [1.807, 2.05) is 24.3 Å². The number of nitrogens with one attached hydrogen (secondary N) is 2. The van der Waals surface area contributed by atoms with Crippen molar-refractivity contribution in [1.29, 1.82) is 0 Å². The number of carbonyl (C=O) groups excluding carboxylic acids is 1. The van der Waals surface area contributed by atoms with E-state index in [0.29, 0.717) is 5.69 Å². The van der Waals surface area contributed by atoms with Crippen LogP contribution >= 0.6 is 11.3 Å². The Morgan fingerprint density at radius 2 is 2.00 bits per heavy atom. The van der Waals surface area contributed by atoms with Gasteiger partial charge in [0.25, 0.3) is 5.91 Å². The van der Waals surface area contributed by atoms with Crippen molar-refractivity contribution < 1.29 is 4.79 Å². The van der Waals surface area contributed by atoms with Gasteiger partial charge in [0.15, 0.2) is 0 Å². The summed E-state index contributed by atoms with van der Waals surface area (Å²) < 4.78 is 1.17. The third kappa shape index (κ3) is 2.77. The zero-order valence-electron chi connectivity index (χ0n) is 12.8. The van der Waals surface area contributed by atoms with Gasteiger partial charge in [0.05, 0.1) is 10.2 Å². The van der Waals surface area contributed by atoms with Crippen LogP contribution < -0.4 is 5.32 Å². The van der Waals surface area contributed by atoms with E-state index in [9.17, 15) is 4.79 Å². The molecule has 0 bridgehead atoms. The second-order valence-corrected chi connectivity index (χ2v) is 6.39. The number of hydrogen-bond acceptors (Lipinski definition) is 5. The molecule has 0 aliphatic heterocycles. The van der Waals surface area contributed by atoms with Gasteiger partial charge < -0.3 is 5.32 Å². The van der Waals surface area contributed by atoms with E-state index in [1.165, 1.54) is 16.6 Å². The summed E-state index contributed by atoms with van der Waals surface area (Å²) >= 11 is 1.66. The standard InChI is InChI=1S/C17H13N5OS/c1-10-2-7-14-13(8-10)21-17(24-14)11-3-5-12(6-4-11)20-16(23)15-18-9-19-22-15/h2-9H,1H3,(H,20,23)(H,18,19,22). The first-order chi connectivity index (χ1) is 11.7. The zero-order chi connectivity index (χ0) is 16.5. The van der Waals surface area contributed by atoms with Crippen LogP contribution in [0.1, 0.15) is 16.2 Å². The van der Waals surface area contributed by atoms with Crippen LogP contribution in [0.5, 0.6) is 0 Å². The number of nitrogens with zero attached hydrogens (tertiary/aromatic N) is 3. The number of aromatic nitrogens is 4. The molecule has 0 saturated heterocycles. The van der Waals surface area contributed by atoms with Crippen molar-refractivity contribution in [3.05, 3.63) is 60.2 Å². The number of benzene rings is 2. The topological polar surface area (TPSA) is 83.6 Å². The van der Waals surface area contributed by atoms with Crippen molar-refractivity contribution in [2.24, 2.45) is 0 Å². The molecule has 0 aliphatic carbocycles. The van der Waals surface area contributed by atoms with Crippen molar-refractivity contribution in [1.82, 2.24) is 20.2 Å². The van der Waals surface area contributed by atoms with E-state index in [2.05, 4.69) is 50.6 Å². The molecular weight excluding hydrogens is 322 g/mol. The summed E-state index contributed by atoms with van der Waals surface area (Å²) in [5.41, 5.74) is 3.92. The summed E-state index contributed by atoms with van der Waals surface area (Å²) in [7, 11) is 0. The SMILES string of the molecule is Cc1ccc2sc(-c3ccc(NC(=O)c4ncn[nH]4)cc3)nc2c1. The Balaban J connectivity index is 1.57. The average Bonchev–Trinajstić information content (AvgIpc) is 3.24. The van der Waals surface area contributed by atoms with Crippen LogP contribution in [-0.4, -0.2) is 26.1 Å². The number of aryl methyl sites for hydroxylation is 1. The van der Waals surface area contributed by atoms with Gasteiger partial charge in [0, 0.05) is 11.3 Å². The predicted molar refractivity (Wildman–Crippen MR) is 94.1 cm³/mol. The second kappa shape index (κ2) is 5.86. The second-order valence-electron chi connectivity index (χ2n) is 5.36. The van der Waals surface area contributed by atoms with E-state index >= 15 is 0 Å². The maximum Gasteiger partial charge on any atom is 0.292 e. The van der Waals surface area contributed by atoms with Crippen LogP contribution in [-0.2, 0) is 0 Å². The van der Waals surface area contributed by atoms with Gasteiger partial charge >= 0.3 is 0 Å². The molecule has 2 N–H and O–H groups in total. The summed E-state index contributed by atoms with van der Waals surface area (Å²) in [4.78, 5) is 20.4. The minimum atomic E-state index is -0.323. The molecule has 4 rings (SSSR count). The van der Waals surface area contributed by atoms with Gasteiger partial charge in [0.2, 0.25) is 5.82 Å². The summed E-state index contributed by atoms with van der Waals surface area (Å²) in [6.45, 7) is 2.06. The van der Waals surface area contributed by atoms with E-state index < -0.39 is 0 Å². The van der Waals surface area contributed by atoms with Crippen LogP contribution in [0.15, 0.2) is 48.8 Å². The Morgan fingerprint density at radius 1 is 1.17 bits per heavy atom. The summed E-state index contributed by atoms with van der Waals surface area (Å²) in [6, 6.07) is 13.9. The van der Waals surface area contributed by atoms with Gasteiger partial charge in [0.1, 0.15) is 11.3 Å². The number of H-pyrrole nitrogens is 1. The first kappa shape index (κ1) is 14.5. The number of carbonyl (C=O) groups is 1. The fourth-order valence-electron chi connectivity index (χ4n) is 2.36. The van der Waals surface area contributed by atoms with Gasteiger partial charge in [-0.2, -0.15) is 5.10 Å². The van der Waals surface area contributed by atoms with Crippen molar-refractivity contribution in [2.75, 3.05) is 5.32 Å². The van der Waals surface area contributed by atoms with E-state index in [-0.39, 0.29) is 11.7 Å². The van der Waals surface area contributed by atoms with Crippen molar-refractivity contribution >= 4 is 33.1 Å². The normalized spacial score (nSPS) is 10.9. The molecule has 0 spiro atoms. The monoisotopic (exact) mass is 335 g/mol. The first-order valence-corrected chi connectivity index (χ1v) is 8.15. The highest BCUT2D eigenvalue weighted by atomic mass is 32.1. The van der Waals surface area contributed by atoms with Crippen LogP contribution in [0.2, 0.25) is 0 Å². The molecule has 0 fully saturated rings. The van der Waals surface area contributed by atoms with E-state index in [4.69, 9.17) is 0 Å². The first-order valence-electron chi connectivity index (χ1n) is 7.33. The van der Waals surface area contributed by atoms with Gasteiger partial charge in [-0.05, 0) is 48.9 Å². The lowest BCUT2D eigenvalue weighted by Gasteiger charge is -2.03. The molecule has 2 heterocycles. The average molecular weight is 335 g/mol. The van der Waals surface area contributed by atoms with Crippen LogP contribution in [0.3, 0.4) is 0 Å². The molecule has 6 nitrogen and oxygen atoms in total. The summed E-state index contributed by atoms with van der Waals surface area (Å²) in [5, 5.41) is 9.92. The van der Waals surface area contributed by atoms with Crippen LogP contribution in [0, 0.1) is 6.92 Å². The van der Waals surface area contributed by atoms with E-state index in [0.717, 1.165) is 16.1 Å². The van der Waals surface area contributed by atoms with Gasteiger partial charge in [-0.15, -0.1) is 11.3 Å². The third-order valence-electron chi connectivity index (χ3n) is 3.56. The van der Waals surface area contributed by atoms with Crippen molar-refractivity contribution in [3.63, 3.8) is 0 Å². The summed E-state index contributed by atoms with van der Waals surface area (Å²) in [6.07, 6.45) is 1.30. The van der Waals surface area contributed by atoms with E-state index in [1.54, 1.807) is 11.3 Å². The molecule has 0 radical (unpaired) electrons. The highest BCUT2D eigenvalue weighted by molar-refractivity contribution is 7.21. The predicted octanol–water partition coefficient (Wildman–Crippen LogP) is 3.64. The number of hydrogen-bond donors (Lipinski definition) is 2. The van der Waals surface area contributed by atoms with Gasteiger partial charge in [-0.1, -0.05) is 6.07 Å². The fourth-order valence-corrected chi connectivity index (χ4v) is 3.31. The molecule has 24 heavy (non-hydrogen) atoms. The lowest BCUT2D eigenvalue weighted by molar-refractivity contribution is 0.101. The minimum Gasteiger partial charge on any atom is -0.319 e. The largest absolute Gasteiger partial charge is 0.319 e. The molecule has 2 aromatic heterocycles. The maximum atomic E-state index is 11.9. The molecule has 7 heteroatoms. The quantitative estimate of drug-likeness (QED) is 0.599. The molecule has 0 unspecified atom stereocenters. The molecule has 0 saturated carbocycles. The van der Waals surface area contributed by atoms with Crippen LogP contribution in [0.4, 0.5) is 5.69 Å². The lowest BCUT2D eigenvalue weighted by Crippen LogP contribution is -2.13. The smallest absolute Gasteiger partial charge is 0.292 e. The minimum absolute atomic E-state index is 0.181. The van der Waals surface area contributed by atoms with Crippen molar-refractivity contribution in [2.45, 2.75) is 6.92 Å². The zero-order valence-corrected chi connectivity index (χ0v) is 13.6. The Hall–Kier alpha value is -3.06. The molecule has 2 aromatic carbocycles. The highest BCUT2D eigenvalue weighted by Crippen LogP contribution is 2.31.